The molecule has 1 aromatic heterocycles. The molecule has 0 spiro atoms. The van der Waals surface area contributed by atoms with Gasteiger partial charge in [-0.3, -0.25) is 9.59 Å². The lowest BCUT2D eigenvalue weighted by atomic mass is 9.81. The van der Waals surface area contributed by atoms with Crippen LogP contribution in [0.15, 0.2) is 40.0 Å². The molecule has 1 heterocycles. The third-order valence-electron chi connectivity index (χ3n) is 6.00. The number of anilines is 1. The van der Waals surface area contributed by atoms with Crippen LogP contribution in [0.2, 0.25) is 0 Å². The summed E-state index contributed by atoms with van der Waals surface area (Å²) >= 11 is 1.48. The van der Waals surface area contributed by atoms with Gasteiger partial charge in [0.15, 0.2) is 5.43 Å². The van der Waals surface area contributed by atoms with Crippen molar-refractivity contribution in [2.75, 3.05) is 24.7 Å². The predicted molar refractivity (Wildman–Crippen MR) is 121 cm³/mol. The highest BCUT2D eigenvalue weighted by atomic mass is 32.2. The van der Waals surface area contributed by atoms with E-state index in [1.54, 1.807) is 28.8 Å². The number of thioether (sulfide) groups is 1. The fraction of sp³-hybridized carbons (Fsp3) is 0.391. The molecule has 1 aliphatic carbocycles. The molecule has 0 saturated heterocycles. The van der Waals surface area contributed by atoms with E-state index in [2.05, 4.69) is 0 Å². The van der Waals surface area contributed by atoms with Gasteiger partial charge in [-0.25, -0.2) is 8.78 Å². The molecule has 2 aromatic carbocycles. The molecule has 3 aromatic rings. The Morgan fingerprint density at radius 2 is 1.94 bits per heavy atom. The zero-order chi connectivity index (χ0) is 22.5. The molecular weight excluding hydrogens is 422 g/mol. The summed E-state index contributed by atoms with van der Waals surface area (Å²) < 4.78 is 28.1. The Bertz CT molecular complexity index is 1250. The summed E-state index contributed by atoms with van der Waals surface area (Å²) in [6, 6.07) is 8.92. The Morgan fingerprint density at radius 3 is 2.55 bits per heavy atom. The molecule has 31 heavy (non-hydrogen) atoms. The van der Waals surface area contributed by atoms with E-state index in [0.717, 1.165) is 16.1 Å². The van der Waals surface area contributed by atoms with Crippen molar-refractivity contribution in [2.24, 2.45) is 5.92 Å². The number of rotatable bonds is 6. The predicted octanol–water partition coefficient (Wildman–Crippen LogP) is 4.75. The van der Waals surface area contributed by atoms with Crippen molar-refractivity contribution < 1.29 is 18.7 Å². The zero-order valence-electron chi connectivity index (χ0n) is 17.6. The first kappa shape index (κ1) is 21.6. The Kier molecular flexibility index (Phi) is 5.45. The van der Waals surface area contributed by atoms with Crippen molar-refractivity contribution >= 4 is 45.2 Å². The van der Waals surface area contributed by atoms with Gasteiger partial charge >= 0.3 is 5.97 Å². The van der Waals surface area contributed by atoms with Crippen LogP contribution in [-0.4, -0.2) is 41.4 Å². The summed E-state index contributed by atoms with van der Waals surface area (Å²) in [5.74, 6) is -3.66. The lowest BCUT2D eigenvalue weighted by Crippen LogP contribution is -2.41. The molecule has 4 rings (SSSR count). The van der Waals surface area contributed by atoms with Crippen LogP contribution < -0.4 is 10.3 Å². The number of pyridine rings is 1. The number of halogens is 2. The molecule has 0 aliphatic heterocycles. The number of benzene rings is 2. The quantitative estimate of drug-likeness (QED) is 0.437. The molecule has 5 nitrogen and oxygen atoms in total. The Labute approximate surface area is 182 Å². The number of aryl methyl sites for hydroxylation is 1. The van der Waals surface area contributed by atoms with Crippen molar-refractivity contribution in [2.45, 2.75) is 37.1 Å². The minimum Gasteiger partial charge on any atom is -0.480 e. The summed E-state index contributed by atoms with van der Waals surface area (Å²) in [4.78, 5) is 27.7. The number of hydrogen-bond donors (Lipinski definition) is 1. The van der Waals surface area contributed by atoms with Crippen molar-refractivity contribution in [3.8, 4) is 0 Å². The number of alkyl halides is 2. The first-order valence-electron chi connectivity index (χ1n) is 10.1. The summed E-state index contributed by atoms with van der Waals surface area (Å²) in [5, 5.41) is 10.5. The van der Waals surface area contributed by atoms with Gasteiger partial charge in [0.05, 0.1) is 11.0 Å². The van der Waals surface area contributed by atoms with Gasteiger partial charge in [0.1, 0.15) is 6.54 Å². The number of hydrogen-bond acceptors (Lipinski definition) is 4. The van der Waals surface area contributed by atoms with E-state index in [4.69, 9.17) is 0 Å². The lowest BCUT2D eigenvalue weighted by Gasteiger charge is -2.37. The highest BCUT2D eigenvalue weighted by molar-refractivity contribution is 7.98. The van der Waals surface area contributed by atoms with E-state index < -0.39 is 11.9 Å². The highest BCUT2D eigenvalue weighted by Gasteiger charge is 2.45. The van der Waals surface area contributed by atoms with Crippen molar-refractivity contribution in [1.82, 2.24) is 4.57 Å². The summed E-state index contributed by atoms with van der Waals surface area (Å²) in [6.07, 6.45) is 1.67. The first-order chi connectivity index (χ1) is 14.6. The molecular formula is C23H24F2N2O3S. The van der Waals surface area contributed by atoms with Gasteiger partial charge in [-0.05, 0) is 48.9 Å². The highest BCUT2D eigenvalue weighted by Crippen LogP contribution is 2.43. The van der Waals surface area contributed by atoms with Crippen LogP contribution in [0.1, 0.15) is 18.4 Å². The number of aromatic nitrogens is 1. The van der Waals surface area contributed by atoms with Gasteiger partial charge in [-0.1, -0.05) is 6.07 Å². The minimum absolute atomic E-state index is 0.0840. The summed E-state index contributed by atoms with van der Waals surface area (Å²) in [7, 11) is 1.83. The second kappa shape index (κ2) is 7.82. The van der Waals surface area contributed by atoms with Crippen LogP contribution in [0.3, 0.4) is 0 Å². The Balaban J connectivity index is 1.90. The van der Waals surface area contributed by atoms with Gasteiger partial charge in [-0.15, -0.1) is 11.8 Å². The third kappa shape index (κ3) is 3.89. The van der Waals surface area contributed by atoms with Gasteiger partial charge in [0.2, 0.25) is 5.92 Å². The molecule has 1 N–H and O–H groups in total. The molecule has 0 unspecified atom stereocenters. The third-order valence-corrected chi connectivity index (χ3v) is 6.93. The summed E-state index contributed by atoms with van der Waals surface area (Å²) in [5.41, 5.74) is 2.74. The maximum Gasteiger partial charge on any atom is 0.323 e. The second-order valence-electron chi connectivity index (χ2n) is 8.33. The topological polar surface area (TPSA) is 62.5 Å². The van der Waals surface area contributed by atoms with E-state index >= 15 is 0 Å². The standard InChI is InChI=1S/C23H24F2N2O3S/c1-13-4-6-17-20(22(13)31-3)27(12-19(28)29)18-8-15(5-7-16(18)21(17)30)26(2)11-14-9-23(24,25)10-14/h4-8,14H,9-12H2,1-3H3,(H,28,29). The second-order valence-corrected chi connectivity index (χ2v) is 9.15. The molecule has 8 heteroatoms. The van der Waals surface area contributed by atoms with Crippen molar-refractivity contribution in [3.63, 3.8) is 0 Å². The fourth-order valence-corrected chi connectivity index (χ4v) is 5.33. The minimum atomic E-state index is -2.57. The van der Waals surface area contributed by atoms with Gasteiger partial charge in [0, 0.05) is 47.8 Å². The normalized spacial score (nSPS) is 15.9. The van der Waals surface area contributed by atoms with Crippen LogP contribution in [0.5, 0.6) is 0 Å². The number of nitrogens with zero attached hydrogens (tertiary/aromatic N) is 2. The van der Waals surface area contributed by atoms with E-state index in [9.17, 15) is 23.5 Å². The van der Waals surface area contributed by atoms with Crippen LogP contribution in [0, 0.1) is 12.8 Å². The monoisotopic (exact) mass is 446 g/mol. The number of fused-ring (bicyclic) bond motifs is 2. The molecule has 0 radical (unpaired) electrons. The van der Waals surface area contributed by atoms with Crippen LogP contribution in [0.4, 0.5) is 14.5 Å². The molecule has 0 bridgehead atoms. The SMILES string of the molecule is CSc1c(C)ccc2c(=O)c3ccc(N(C)CC4CC(F)(F)C4)cc3n(CC(=O)O)c12. The maximum atomic E-state index is 13.2. The number of carboxylic acids is 1. The largest absolute Gasteiger partial charge is 0.480 e. The Hall–Kier alpha value is -2.61. The van der Waals surface area contributed by atoms with E-state index in [1.807, 2.05) is 31.2 Å². The van der Waals surface area contributed by atoms with Gasteiger partial charge in [0.25, 0.3) is 0 Å². The molecule has 0 atom stereocenters. The average molecular weight is 447 g/mol. The van der Waals surface area contributed by atoms with Crippen LogP contribution in [-0.2, 0) is 11.3 Å². The van der Waals surface area contributed by atoms with Crippen molar-refractivity contribution in [3.05, 3.63) is 46.1 Å². The lowest BCUT2D eigenvalue weighted by molar-refractivity contribution is -0.137. The van der Waals surface area contributed by atoms with Crippen LogP contribution in [0.25, 0.3) is 21.8 Å². The van der Waals surface area contributed by atoms with Gasteiger partial charge < -0.3 is 14.6 Å². The van der Waals surface area contributed by atoms with Gasteiger partial charge in [-0.2, -0.15) is 0 Å². The fourth-order valence-electron chi connectivity index (χ4n) is 4.53. The van der Waals surface area contributed by atoms with Crippen molar-refractivity contribution in [1.29, 1.82) is 0 Å². The summed E-state index contributed by atoms with van der Waals surface area (Å²) in [6.45, 7) is 2.13. The molecule has 0 amide bonds. The maximum absolute atomic E-state index is 13.2. The van der Waals surface area contributed by atoms with E-state index in [1.165, 1.54) is 11.8 Å². The number of carboxylic acid groups (broad SMARTS) is 1. The smallest absolute Gasteiger partial charge is 0.323 e. The van der Waals surface area contributed by atoms with E-state index in [0.29, 0.717) is 28.4 Å². The number of carbonyl (C=O) groups is 1. The zero-order valence-corrected chi connectivity index (χ0v) is 18.4. The molecule has 1 saturated carbocycles. The molecule has 1 aliphatic rings. The molecule has 1 fully saturated rings. The molecule has 164 valence electrons. The average Bonchev–Trinajstić information content (AvgIpc) is 2.68. The first-order valence-corrected chi connectivity index (χ1v) is 11.3. The van der Waals surface area contributed by atoms with E-state index in [-0.39, 0.29) is 30.7 Å². The van der Waals surface area contributed by atoms with Crippen LogP contribution >= 0.6 is 11.8 Å². The number of aliphatic carboxylic acids is 1. The Morgan fingerprint density at radius 1 is 1.26 bits per heavy atom.